The summed E-state index contributed by atoms with van der Waals surface area (Å²) in [6, 6.07) is 0. The van der Waals surface area contributed by atoms with E-state index in [4.69, 9.17) is 4.74 Å². The van der Waals surface area contributed by atoms with E-state index < -0.39 is 0 Å². The number of nitrogens with zero attached hydrogens (tertiary/aromatic N) is 5. The van der Waals surface area contributed by atoms with E-state index in [1.807, 2.05) is 23.3 Å². The highest BCUT2D eigenvalue weighted by Gasteiger charge is 2.31. The zero-order valence-corrected chi connectivity index (χ0v) is 13.6. The molecule has 0 bridgehead atoms. The maximum Gasteiger partial charge on any atom is 0.107 e. The minimum atomic E-state index is 0.350. The predicted molar refractivity (Wildman–Crippen MR) is 83.5 cm³/mol. The van der Waals surface area contributed by atoms with Gasteiger partial charge < -0.3 is 4.74 Å². The van der Waals surface area contributed by atoms with Crippen molar-refractivity contribution in [3.05, 3.63) is 28.0 Å². The van der Waals surface area contributed by atoms with Gasteiger partial charge in [0.15, 0.2) is 0 Å². The number of ether oxygens (including phenoxy) is 1. The fraction of sp³-hybridized carbons (Fsp3) is 0.667. The van der Waals surface area contributed by atoms with Crippen molar-refractivity contribution in [3.63, 3.8) is 0 Å². The lowest BCUT2D eigenvalue weighted by molar-refractivity contribution is 0.0866. The second-order valence-corrected chi connectivity index (χ2v) is 7.30. The number of hydrogen-bond donors (Lipinski definition) is 0. The second kappa shape index (κ2) is 6.06. The van der Waals surface area contributed by atoms with Crippen molar-refractivity contribution < 1.29 is 4.74 Å². The van der Waals surface area contributed by atoms with Crippen LogP contribution in [-0.4, -0.2) is 44.6 Å². The highest BCUT2D eigenvalue weighted by Crippen LogP contribution is 2.31. The van der Waals surface area contributed by atoms with Crippen molar-refractivity contribution >= 4 is 11.3 Å². The summed E-state index contributed by atoms with van der Waals surface area (Å²) < 4.78 is 7.87. The van der Waals surface area contributed by atoms with Gasteiger partial charge in [0.25, 0.3) is 0 Å². The Bertz CT molecular complexity index is 622. The molecule has 118 valence electrons. The van der Waals surface area contributed by atoms with Crippen LogP contribution in [0.1, 0.15) is 35.2 Å². The lowest BCUT2D eigenvalue weighted by atomic mass is 9.99. The largest absolute Gasteiger partial charge is 0.380 e. The Morgan fingerprint density at radius 3 is 3.05 bits per heavy atom. The molecule has 0 aromatic carbocycles. The molecule has 0 N–H and O–H groups in total. The molecule has 2 aliphatic rings. The topological polar surface area (TPSA) is 56.1 Å². The zero-order chi connectivity index (χ0) is 14.9. The highest BCUT2D eigenvalue weighted by molar-refractivity contribution is 7.09. The maximum atomic E-state index is 5.95. The molecule has 6 nitrogen and oxygen atoms in total. The van der Waals surface area contributed by atoms with Gasteiger partial charge in [-0.15, -0.1) is 16.4 Å². The third-order valence-corrected chi connectivity index (χ3v) is 5.16. The van der Waals surface area contributed by atoms with Crippen LogP contribution < -0.4 is 0 Å². The van der Waals surface area contributed by atoms with Crippen LogP contribution in [0.2, 0.25) is 0 Å². The first kappa shape index (κ1) is 14.3. The molecule has 4 rings (SSSR count). The molecule has 1 unspecified atom stereocenters. The van der Waals surface area contributed by atoms with Crippen molar-refractivity contribution in [2.24, 2.45) is 13.0 Å². The SMILES string of the molecule is Cn1nnc2c1C(COCC1CC1)CN(Cc1nccs1)C2. The van der Waals surface area contributed by atoms with Gasteiger partial charge in [0, 0.05) is 44.2 Å². The minimum Gasteiger partial charge on any atom is -0.380 e. The quantitative estimate of drug-likeness (QED) is 0.812. The van der Waals surface area contributed by atoms with Gasteiger partial charge in [-0.3, -0.25) is 9.58 Å². The molecule has 0 saturated heterocycles. The van der Waals surface area contributed by atoms with E-state index in [0.29, 0.717) is 5.92 Å². The number of rotatable bonds is 6. The van der Waals surface area contributed by atoms with Crippen LogP contribution in [0.5, 0.6) is 0 Å². The third-order valence-electron chi connectivity index (χ3n) is 4.39. The van der Waals surface area contributed by atoms with Gasteiger partial charge in [-0.2, -0.15) is 0 Å². The second-order valence-electron chi connectivity index (χ2n) is 6.32. The van der Waals surface area contributed by atoms with Gasteiger partial charge in [-0.1, -0.05) is 5.21 Å². The average Bonchev–Trinajstić information content (AvgIpc) is 3.04. The molecule has 0 amide bonds. The number of thiazole rings is 1. The van der Waals surface area contributed by atoms with Gasteiger partial charge in [0.05, 0.1) is 18.8 Å². The lowest BCUT2D eigenvalue weighted by Crippen LogP contribution is -2.36. The van der Waals surface area contributed by atoms with Crippen molar-refractivity contribution in [1.29, 1.82) is 0 Å². The summed E-state index contributed by atoms with van der Waals surface area (Å²) in [7, 11) is 1.98. The fourth-order valence-corrected chi connectivity index (χ4v) is 3.79. The minimum absolute atomic E-state index is 0.350. The monoisotopic (exact) mass is 319 g/mol. The van der Waals surface area contributed by atoms with E-state index in [-0.39, 0.29) is 0 Å². The predicted octanol–water partition coefficient (Wildman–Crippen LogP) is 1.80. The molecular weight excluding hydrogens is 298 g/mol. The van der Waals surface area contributed by atoms with Gasteiger partial charge in [-0.25, -0.2) is 4.98 Å². The van der Waals surface area contributed by atoms with E-state index in [1.165, 1.54) is 18.5 Å². The van der Waals surface area contributed by atoms with Crippen molar-refractivity contribution in [3.8, 4) is 0 Å². The molecule has 2 aromatic rings. The zero-order valence-electron chi connectivity index (χ0n) is 12.8. The summed E-state index contributed by atoms with van der Waals surface area (Å²) in [5.41, 5.74) is 2.33. The van der Waals surface area contributed by atoms with Gasteiger partial charge in [0.1, 0.15) is 10.7 Å². The number of aromatic nitrogens is 4. The Hall–Kier alpha value is -1.31. The van der Waals surface area contributed by atoms with Crippen LogP contribution in [0.15, 0.2) is 11.6 Å². The molecule has 2 aromatic heterocycles. The summed E-state index contributed by atoms with van der Waals surface area (Å²) in [4.78, 5) is 6.80. The summed E-state index contributed by atoms with van der Waals surface area (Å²) in [6.45, 7) is 4.38. The highest BCUT2D eigenvalue weighted by atomic mass is 32.1. The van der Waals surface area contributed by atoms with Crippen molar-refractivity contribution in [1.82, 2.24) is 24.9 Å². The van der Waals surface area contributed by atoms with Crippen LogP contribution in [0.25, 0.3) is 0 Å². The van der Waals surface area contributed by atoms with E-state index >= 15 is 0 Å². The Labute approximate surface area is 134 Å². The van der Waals surface area contributed by atoms with Crippen LogP contribution in [0.3, 0.4) is 0 Å². The summed E-state index contributed by atoms with van der Waals surface area (Å²) in [5.74, 6) is 1.15. The molecule has 1 aliphatic carbocycles. The van der Waals surface area contributed by atoms with Gasteiger partial charge >= 0.3 is 0 Å². The van der Waals surface area contributed by atoms with Gasteiger partial charge in [0.2, 0.25) is 0 Å². The summed E-state index contributed by atoms with van der Waals surface area (Å²) in [5, 5.41) is 11.7. The Morgan fingerprint density at radius 2 is 2.27 bits per heavy atom. The molecule has 1 aliphatic heterocycles. The first-order valence-corrected chi connectivity index (χ1v) is 8.74. The molecule has 3 heterocycles. The maximum absolute atomic E-state index is 5.95. The van der Waals surface area contributed by atoms with Gasteiger partial charge in [-0.05, 0) is 18.8 Å². The summed E-state index contributed by atoms with van der Waals surface area (Å²) in [6.07, 6.45) is 4.53. The first-order valence-electron chi connectivity index (χ1n) is 7.86. The van der Waals surface area contributed by atoms with Crippen molar-refractivity contribution in [2.75, 3.05) is 19.8 Å². The molecule has 0 radical (unpaired) electrons. The summed E-state index contributed by atoms with van der Waals surface area (Å²) >= 11 is 1.71. The standard InChI is InChI=1S/C15H21N5OS/c1-19-15-12(10-21-9-11-2-3-11)6-20(7-13(15)17-18-19)8-14-16-4-5-22-14/h4-5,11-12H,2-3,6-10H2,1H3. The number of aryl methyl sites for hydroxylation is 1. The van der Waals surface area contributed by atoms with E-state index in [2.05, 4.69) is 20.2 Å². The van der Waals surface area contributed by atoms with Crippen LogP contribution in [0.4, 0.5) is 0 Å². The van der Waals surface area contributed by atoms with E-state index in [1.54, 1.807) is 11.3 Å². The Balaban J connectivity index is 1.46. The Kier molecular flexibility index (Phi) is 3.94. The number of fused-ring (bicyclic) bond motifs is 1. The van der Waals surface area contributed by atoms with Crippen LogP contribution >= 0.6 is 11.3 Å². The molecular formula is C15H21N5OS. The van der Waals surface area contributed by atoms with Crippen molar-refractivity contribution in [2.45, 2.75) is 31.8 Å². The smallest absolute Gasteiger partial charge is 0.107 e. The average molecular weight is 319 g/mol. The first-order chi connectivity index (χ1) is 10.8. The fourth-order valence-electron chi connectivity index (χ4n) is 3.13. The molecule has 1 fully saturated rings. The molecule has 7 heteroatoms. The third kappa shape index (κ3) is 3.06. The van der Waals surface area contributed by atoms with E-state index in [0.717, 1.165) is 49.5 Å². The number of hydrogen-bond acceptors (Lipinski definition) is 6. The molecule has 0 spiro atoms. The normalized spacial score (nSPS) is 22.0. The molecule has 1 saturated carbocycles. The molecule has 1 atom stereocenters. The lowest BCUT2D eigenvalue weighted by Gasteiger charge is -2.31. The van der Waals surface area contributed by atoms with Crippen LogP contribution in [0, 0.1) is 5.92 Å². The Morgan fingerprint density at radius 1 is 1.36 bits per heavy atom. The van der Waals surface area contributed by atoms with E-state index in [9.17, 15) is 0 Å². The molecule has 22 heavy (non-hydrogen) atoms. The van der Waals surface area contributed by atoms with Crippen LogP contribution in [-0.2, 0) is 24.9 Å².